The van der Waals surface area contributed by atoms with Crippen molar-refractivity contribution < 1.29 is 13.2 Å². The van der Waals surface area contributed by atoms with Gasteiger partial charge in [0.15, 0.2) is 5.43 Å². The summed E-state index contributed by atoms with van der Waals surface area (Å²) in [6, 6.07) is 20.4. The summed E-state index contributed by atoms with van der Waals surface area (Å²) in [7, 11) is -4.01. The van der Waals surface area contributed by atoms with Crippen LogP contribution < -0.4 is 10.2 Å². The van der Waals surface area contributed by atoms with Gasteiger partial charge < -0.3 is 9.55 Å². The van der Waals surface area contributed by atoms with E-state index in [2.05, 4.69) is 14.3 Å². The lowest BCUT2D eigenvalue weighted by atomic mass is 9.94. The standard InChI is InChI=1S/C30H28N4O4S/c1-19-16-28(35)24-17-20(12-14-25(24)31-19)29-32-26-18-21(13-15-27(26)34(29)22-8-4-2-5-9-22)30(36)33-39(37,38)23-10-6-3-7-11-23/h3,6-7,10-18,22H,2,4-5,8-9H2,1H3,(H,31,35)(H,33,36). The van der Waals surface area contributed by atoms with Crippen molar-refractivity contribution in [1.29, 1.82) is 0 Å². The molecule has 5 aromatic rings. The van der Waals surface area contributed by atoms with E-state index in [0.717, 1.165) is 53.8 Å². The Morgan fingerprint density at radius 1 is 0.974 bits per heavy atom. The Morgan fingerprint density at radius 3 is 2.51 bits per heavy atom. The molecule has 2 N–H and O–H groups in total. The Kier molecular flexibility index (Phi) is 6.31. The molecule has 6 rings (SSSR count). The minimum absolute atomic E-state index is 0.0183. The number of nitrogens with zero attached hydrogens (tertiary/aromatic N) is 2. The number of fused-ring (bicyclic) bond motifs is 2. The highest BCUT2D eigenvalue weighted by molar-refractivity contribution is 7.90. The van der Waals surface area contributed by atoms with Gasteiger partial charge in [-0.2, -0.15) is 0 Å². The average molecular weight is 541 g/mol. The fraction of sp³-hybridized carbons (Fsp3) is 0.233. The molecule has 9 heteroatoms. The number of H-pyrrole nitrogens is 1. The van der Waals surface area contributed by atoms with E-state index in [0.29, 0.717) is 10.9 Å². The second kappa shape index (κ2) is 9.81. The van der Waals surface area contributed by atoms with Crippen LogP contribution in [0.2, 0.25) is 0 Å². The van der Waals surface area contributed by atoms with Crippen LogP contribution in [-0.2, 0) is 10.0 Å². The minimum Gasteiger partial charge on any atom is -0.358 e. The highest BCUT2D eigenvalue weighted by Crippen LogP contribution is 2.36. The minimum atomic E-state index is -4.01. The lowest BCUT2D eigenvalue weighted by Gasteiger charge is -2.25. The Morgan fingerprint density at radius 2 is 1.74 bits per heavy atom. The highest BCUT2D eigenvalue weighted by atomic mass is 32.2. The summed E-state index contributed by atoms with van der Waals surface area (Å²) >= 11 is 0. The molecule has 0 spiro atoms. The predicted molar refractivity (Wildman–Crippen MR) is 151 cm³/mol. The number of carbonyl (C=O) groups excluding carboxylic acids is 1. The van der Waals surface area contributed by atoms with Gasteiger partial charge in [-0.15, -0.1) is 0 Å². The van der Waals surface area contributed by atoms with Gasteiger partial charge in [0.05, 0.1) is 15.9 Å². The highest BCUT2D eigenvalue weighted by Gasteiger charge is 2.24. The van der Waals surface area contributed by atoms with E-state index in [1.165, 1.54) is 18.6 Å². The third-order valence-corrected chi connectivity index (χ3v) is 8.74. The third-order valence-electron chi connectivity index (χ3n) is 7.39. The van der Waals surface area contributed by atoms with E-state index >= 15 is 0 Å². The number of pyridine rings is 1. The zero-order chi connectivity index (χ0) is 27.1. The molecule has 1 aliphatic carbocycles. The predicted octanol–water partition coefficient (Wildman–Crippen LogP) is 5.48. The Hall–Kier alpha value is -4.24. The van der Waals surface area contributed by atoms with Gasteiger partial charge in [0.2, 0.25) is 0 Å². The summed E-state index contributed by atoms with van der Waals surface area (Å²) in [6.07, 6.45) is 5.48. The molecule has 1 fully saturated rings. The fourth-order valence-corrected chi connectivity index (χ4v) is 6.51. The van der Waals surface area contributed by atoms with E-state index in [-0.39, 0.29) is 21.9 Å². The van der Waals surface area contributed by atoms with Gasteiger partial charge >= 0.3 is 0 Å². The molecule has 0 bridgehead atoms. The molecule has 3 aromatic carbocycles. The Labute approximate surface area is 225 Å². The normalized spacial score (nSPS) is 14.6. The summed E-state index contributed by atoms with van der Waals surface area (Å²) in [6.45, 7) is 1.86. The van der Waals surface area contributed by atoms with Crippen LogP contribution in [-0.4, -0.2) is 28.9 Å². The quantitative estimate of drug-likeness (QED) is 0.307. The number of benzene rings is 3. The maximum Gasteiger partial charge on any atom is 0.265 e. The zero-order valence-corrected chi connectivity index (χ0v) is 22.3. The molecule has 198 valence electrons. The number of aromatic nitrogens is 3. The SMILES string of the molecule is Cc1cc(=O)c2cc(-c3nc4cc(C(=O)NS(=O)(=O)c5ccccc5)ccc4n3C3CCCCC3)ccc2[nH]1. The van der Waals surface area contributed by atoms with E-state index in [9.17, 15) is 18.0 Å². The van der Waals surface area contributed by atoms with Crippen molar-refractivity contribution in [2.45, 2.75) is 50.0 Å². The number of rotatable bonds is 5. The molecule has 0 aliphatic heterocycles. The van der Waals surface area contributed by atoms with Crippen LogP contribution in [0.5, 0.6) is 0 Å². The molecule has 0 saturated heterocycles. The molecule has 0 atom stereocenters. The maximum absolute atomic E-state index is 13.0. The smallest absolute Gasteiger partial charge is 0.265 e. The van der Waals surface area contributed by atoms with Crippen LogP contribution in [0.15, 0.2) is 82.5 Å². The number of aromatic amines is 1. The van der Waals surface area contributed by atoms with Gasteiger partial charge in [-0.1, -0.05) is 37.5 Å². The van der Waals surface area contributed by atoms with Crippen LogP contribution in [0.1, 0.15) is 54.2 Å². The average Bonchev–Trinajstić information content (AvgIpc) is 3.32. The second-order valence-electron chi connectivity index (χ2n) is 10.1. The number of sulfonamides is 1. The van der Waals surface area contributed by atoms with Crippen LogP contribution in [0.4, 0.5) is 0 Å². The lowest BCUT2D eigenvalue weighted by Crippen LogP contribution is -2.30. The zero-order valence-electron chi connectivity index (χ0n) is 21.5. The molecule has 1 amide bonds. The van der Waals surface area contributed by atoms with Crippen molar-refractivity contribution in [1.82, 2.24) is 19.3 Å². The number of hydrogen-bond donors (Lipinski definition) is 2. The van der Waals surface area contributed by atoms with Crippen molar-refractivity contribution in [3.05, 3.63) is 94.3 Å². The van der Waals surface area contributed by atoms with Crippen LogP contribution >= 0.6 is 0 Å². The van der Waals surface area contributed by atoms with Crippen LogP contribution in [0.25, 0.3) is 33.3 Å². The van der Waals surface area contributed by atoms with Crippen molar-refractivity contribution in [3.63, 3.8) is 0 Å². The van der Waals surface area contributed by atoms with Gasteiger partial charge in [-0.25, -0.2) is 18.1 Å². The second-order valence-corrected chi connectivity index (χ2v) is 11.8. The van der Waals surface area contributed by atoms with E-state index in [1.54, 1.807) is 36.4 Å². The van der Waals surface area contributed by atoms with Gasteiger partial charge in [-0.05, 0) is 68.3 Å². The topological polar surface area (TPSA) is 114 Å². The van der Waals surface area contributed by atoms with E-state index in [1.807, 2.05) is 31.2 Å². The summed E-state index contributed by atoms with van der Waals surface area (Å²) in [5.74, 6) is 0.00960. The Balaban J connectivity index is 1.44. The van der Waals surface area contributed by atoms with Crippen molar-refractivity contribution >= 4 is 37.9 Å². The molecule has 39 heavy (non-hydrogen) atoms. The first kappa shape index (κ1) is 25.1. The first-order chi connectivity index (χ1) is 18.8. The molecule has 0 radical (unpaired) electrons. The summed E-state index contributed by atoms with van der Waals surface area (Å²) in [4.78, 5) is 33.9. The monoisotopic (exact) mass is 540 g/mol. The van der Waals surface area contributed by atoms with Crippen LogP contribution in [0, 0.1) is 6.92 Å². The van der Waals surface area contributed by atoms with E-state index < -0.39 is 15.9 Å². The van der Waals surface area contributed by atoms with Gasteiger partial charge in [0, 0.05) is 39.8 Å². The molecule has 0 unspecified atom stereocenters. The lowest BCUT2D eigenvalue weighted by molar-refractivity contribution is 0.0981. The van der Waals surface area contributed by atoms with Crippen molar-refractivity contribution in [3.8, 4) is 11.4 Å². The number of aryl methyl sites for hydroxylation is 1. The first-order valence-electron chi connectivity index (χ1n) is 13.1. The summed E-state index contributed by atoms with van der Waals surface area (Å²) in [5.41, 5.74) is 4.00. The summed E-state index contributed by atoms with van der Waals surface area (Å²) in [5, 5.41) is 0.589. The first-order valence-corrected chi connectivity index (χ1v) is 14.6. The third kappa shape index (κ3) is 4.74. The fourth-order valence-electron chi connectivity index (χ4n) is 5.51. The molecule has 1 saturated carbocycles. The summed E-state index contributed by atoms with van der Waals surface area (Å²) < 4.78 is 29.8. The molecule has 2 heterocycles. The molecular formula is C30H28N4O4S. The van der Waals surface area contributed by atoms with Crippen LogP contribution in [0.3, 0.4) is 0 Å². The molecular weight excluding hydrogens is 512 g/mol. The van der Waals surface area contributed by atoms with Crippen molar-refractivity contribution in [2.24, 2.45) is 0 Å². The maximum atomic E-state index is 13.0. The van der Waals surface area contributed by atoms with Gasteiger partial charge in [0.25, 0.3) is 15.9 Å². The van der Waals surface area contributed by atoms with Crippen molar-refractivity contribution in [2.75, 3.05) is 0 Å². The number of carbonyl (C=O) groups is 1. The Bertz CT molecular complexity index is 1890. The number of amides is 1. The van der Waals surface area contributed by atoms with E-state index in [4.69, 9.17) is 4.98 Å². The number of imidazole rings is 1. The molecule has 8 nitrogen and oxygen atoms in total. The molecule has 2 aromatic heterocycles. The largest absolute Gasteiger partial charge is 0.358 e. The number of hydrogen-bond acceptors (Lipinski definition) is 5. The van der Waals surface area contributed by atoms with Gasteiger partial charge in [0.1, 0.15) is 5.82 Å². The van der Waals surface area contributed by atoms with Gasteiger partial charge in [-0.3, -0.25) is 9.59 Å². The number of nitrogens with one attached hydrogen (secondary N) is 2. The molecule has 1 aliphatic rings.